The fraction of sp³-hybridized carbons (Fsp3) is 0.500. The second kappa shape index (κ2) is 8.09. The Morgan fingerprint density at radius 1 is 1.16 bits per heavy atom. The molecule has 0 spiro atoms. The van der Waals surface area contributed by atoms with Gasteiger partial charge in [0.05, 0.1) is 12.7 Å². The van der Waals surface area contributed by atoms with Crippen molar-refractivity contribution < 1.29 is 37.0 Å². The number of carbonyl (C=O) groups excluding carboxylic acids is 2. The Morgan fingerprint density at radius 2 is 1.76 bits per heavy atom. The summed E-state index contributed by atoms with van der Waals surface area (Å²) in [5.41, 5.74) is -1.80. The molecule has 1 aromatic carbocycles. The molecule has 0 aliphatic heterocycles. The molecule has 1 amide bonds. The second-order valence-electron chi connectivity index (χ2n) is 6.03. The maximum Gasteiger partial charge on any atom is 0.419 e. The Hall–Kier alpha value is -2.45. The maximum absolute atomic E-state index is 12.9. The van der Waals surface area contributed by atoms with E-state index >= 15 is 0 Å². The zero-order valence-corrected chi connectivity index (χ0v) is 14.3. The number of methoxy groups -OCH3 is 1. The van der Waals surface area contributed by atoms with E-state index in [9.17, 15) is 22.8 Å². The zero-order valence-electron chi connectivity index (χ0n) is 14.3. The molecule has 0 unspecified atom stereocenters. The molecule has 1 aromatic rings. The molecule has 6 nitrogen and oxygen atoms in total. The van der Waals surface area contributed by atoms with Gasteiger partial charge in [-0.05, 0) is 32.9 Å². The number of hydrogen-bond donors (Lipinski definition) is 1. The Balaban J connectivity index is 2.85. The Labute approximate surface area is 143 Å². The largest absolute Gasteiger partial charge is 0.490 e. The molecule has 0 bridgehead atoms. The molecule has 0 radical (unpaired) electrons. The molecule has 0 fully saturated rings. The van der Waals surface area contributed by atoms with Gasteiger partial charge < -0.3 is 19.5 Å². The highest BCUT2D eigenvalue weighted by Gasteiger charge is 2.34. The lowest BCUT2D eigenvalue weighted by Crippen LogP contribution is -2.47. The first-order valence-electron chi connectivity index (χ1n) is 7.30. The van der Waals surface area contributed by atoms with Gasteiger partial charge in [-0.2, -0.15) is 13.2 Å². The van der Waals surface area contributed by atoms with Crippen LogP contribution in [-0.2, 0) is 20.4 Å². The zero-order chi connectivity index (χ0) is 19.3. The minimum atomic E-state index is -4.62. The third-order valence-corrected chi connectivity index (χ3v) is 2.77. The summed E-state index contributed by atoms with van der Waals surface area (Å²) in [6.45, 7) is 4.31. The Bertz CT molecular complexity index is 611. The number of nitrogens with one attached hydrogen (secondary N) is 1. The highest BCUT2D eigenvalue weighted by molar-refractivity contribution is 5.81. The number of benzene rings is 1. The van der Waals surface area contributed by atoms with E-state index < -0.39 is 47.8 Å². The highest BCUT2D eigenvalue weighted by atomic mass is 19.4. The van der Waals surface area contributed by atoms with Gasteiger partial charge in [-0.25, -0.2) is 9.59 Å². The van der Waals surface area contributed by atoms with E-state index in [1.54, 1.807) is 20.8 Å². The van der Waals surface area contributed by atoms with Crippen molar-refractivity contribution >= 4 is 12.1 Å². The SMILES string of the molecule is COC(=O)[C@@H](COc1ccccc1C(F)(F)F)NC(=O)OC(C)(C)C. The predicted molar refractivity (Wildman–Crippen MR) is 82.1 cm³/mol. The first kappa shape index (κ1) is 20.6. The molecular weight excluding hydrogens is 343 g/mol. The standard InChI is InChI=1S/C16H20F3NO5/c1-15(2,3)25-14(22)20-11(13(21)23-4)9-24-12-8-6-5-7-10(12)16(17,18)19/h5-8,11H,9H2,1-4H3,(H,20,22)/t11-/m1/s1. The van der Waals surface area contributed by atoms with Crippen molar-refractivity contribution in [2.75, 3.05) is 13.7 Å². The van der Waals surface area contributed by atoms with Crippen molar-refractivity contribution in [2.45, 2.75) is 38.6 Å². The van der Waals surface area contributed by atoms with Crippen molar-refractivity contribution in [3.05, 3.63) is 29.8 Å². The maximum atomic E-state index is 12.9. The van der Waals surface area contributed by atoms with Crippen LogP contribution in [0.1, 0.15) is 26.3 Å². The van der Waals surface area contributed by atoms with E-state index in [2.05, 4.69) is 10.1 Å². The molecule has 1 atom stereocenters. The quantitative estimate of drug-likeness (QED) is 0.814. The number of para-hydroxylation sites is 1. The van der Waals surface area contributed by atoms with Crippen LogP contribution in [0.4, 0.5) is 18.0 Å². The van der Waals surface area contributed by atoms with Crippen LogP contribution in [0.25, 0.3) is 0 Å². The number of carbonyl (C=O) groups is 2. The smallest absolute Gasteiger partial charge is 0.419 e. The van der Waals surface area contributed by atoms with Crippen LogP contribution in [0.3, 0.4) is 0 Å². The minimum Gasteiger partial charge on any atom is -0.490 e. The van der Waals surface area contributed by atoms with Crippen LogP contribution in [0.2, 0.25) is 0 Å². The first-order valence-corrected chi connectivity index (χ1v) is 7.30. The number of alkyl halides is 3. The van der Waals surface area contributed by atoms with Gasteiger partial charge in [-0.15, -0.1) is 0 Å². The molecule has 0 heterocycles. The van der Waals surface area contributed by atoms with Crippen LogP contribution < -0.4 is 10.1 Å². The van der Waals surface area contributed by atoms with E-state index in [1.807, 2.05) is 0 Å². The van der Waals surface area contributed by atoms with E-state index in [-0.39, 0.29) is 0 Å². The van der Waals surface area contributed by atoms with Gasteiger partial charge in [-0.1, -0.05) is 12.1 Å². The van der Waals surface area contributed by atoms with Crippen LogP contribution in [0.15, 0.2) is 24.3 Å². The molecule has 0 aliphatic rings. The van der Waals surface area contributed by atoms with E-state index in [0.717, 1.165) is 19.2 Å². The topological polar surface area (TPSA) is 73.9 Å². The molecular formula is C16H20F3NO5. The van der Waals surface area contributed by atoms with Gasteiger partial charge in [0.25, 0.3) is 0 Å². The number of amides is 1. The van der Waals surface area contributed by atoms with Crippen LogP contribution >= 0.6 is 0 Å². The van der Waals surface area contributed by atoms with Crippen molar-refractivity contribution in [3.8, 4) is 5.75 Å². The third-order valence-electron chi connectivity index (χ3n) is 2.77. The lowest BCUT2D eigenvalue weighted by atomic mass is 10.2. The van der Waals surface area contributed by atoms with E-state index in [1.165, 1.54) is 12.1 Å². The van der Waals surface area contributed by atoms with Gasteiger partial charge in [-0.3, -0.25) is 0 Å². The minimum absolute atomic E-state index is 0.463. The molecule has 0 aromatic heterocycles. The molecule has 1 rings (SSSR count). The fourth-order valence-corrected chi connectivity index (χ4v) is 1.76. The van der Waals surface area contributed by atoms with Crippen LogP contribution in [0.5, 0.6) is 5.75 Å². The number of halogens is 3. The van der Waals surface area contributed by atoms with Gasteiger partial charge in [0.1, 0.15) is 18.0 Å². The lowest BCUT2D eigenvalue weighted by molar-refractivity contribution is -0.144. The highest BCUT2D eigenvalue weighted by Crippen LogP contribution is 2.35. The second-order valence-corrected chi connectivity index (χ2v) is 6.03. The summed E-state index contributed by atoms with van der Waals surface area (Å²) in [6, 6.07) is 3.21. The summed E-state index contributed by atoms with van der Waals surface area (Å²) in [6.07, 6.45) is -5.54. The fourth-order valence-electron chi connectivity index (χ4n) is 1.76. The van der Waals surface area contributed by atoms with Gasteiger partial charge >= 0.3 is 18.2 Å². The number of alkyl carbamates (subject to hydrolysis) is 1. The summed E-state index contributed by atoms with van der Waals surface area (Å²) < 4.78 is 53.4. The third kappa shape index (κ3) is 6.90. The summed E-state index contributed by atoms with van der Waals surface area (Å²) in [7, 11) is 1.08. The average molecular weight is 363 g/mol. The van der Waals surface area contributed by atoms with E-state index in [0.29, 0.717) is 0 Å². The molecule has 1 N–H and O–H groups in total. The molecule has 0 saturated carbocycles. The normalized spacial score (nSPS) is 12.9. The Kier molecular flexibility index (Phi) is 6.66. The number of rotatable bonds is 5. The molecule has 9 heteroatoms. The van der Waals surface area contributed by atoms with Crippen molar-refractivity contribution in [1.82, 2.24) is 5.32 Å². The number of hydrogen-bond acceptors (Lipinski definition) is 5. The predicted octanol–water partition coefficient (Wildman–Crippen LogP) is 3.15. The van der Waals surface area contributed by atoms with Crippen molar-refractivity contribution in [2.24, 2.45) is 0 Å². The van der Waals surface area contributed by atoms with Gasteiger partial charge in [0.2, 0.25) is 0 Å². The average Bonchev–Trinajstić information content (AvgIpc) is 2.48. The summed E-state index contributed by atoms with van der Waals surface area (Å²) in [5, 5.41) is 2.21. The Morgan fingerprint density at radius 3 is 2.28 bits per heavy atom. The summed E-state index contributed by atoms with van der Waals surface area (Å²) in [4.78, 5) is 23.5. The van der Waals surface area contributed by atoms with Gasteiger partial charge in [0.15, 0.2) is 6.04 Å². The molecule has 25 heavy (non-hydrogen) atoms. The lowest BCUT2D eigenvalue weighted by Gasteiger charge is -2.23. The van der Waals surface area contributed by atoms with Gasteiger partial charge in [0, 0.05) is 0 Å². The van der Waals surface area contributed by atoms with Crippen LogP contribution in [-0.4, -0.2) is 37.4 Å². The number of ether oxygens (including phenoxy) is 3. The summed E-state index contributed by atoms with van der Waals surface area (Å²) in [5.74, 6) is -1.34. The van der Waals surface area contributed by atoms with Crippen molar-refractivity contribution in [1.29, 1.82) is 0 Å². The molecule has 0 saturated heterocycles. The van der Waals surface area contributed by atoms with Crippen LogP contribution in [0, 0.1) is 0 Å². The molecule has 140 valence electrons. The molecule has 0 aliphatic carbocycles. The first-order chi connectivity index (χ1) is 11.4. The number of esters is 1. The summed E-state index contributed by atoms with van der Waals surface area (Å²) >= 11 is 0. The monoisotopic (exact) mass is 363 g/mol. The van der Waals surface area contributed by atoms with E-state index in [4.69, 9.17) is 9.47 Å². The van der Waals surface area contributed by atoms with Crippen molar-refractivity contribution in [3.63, 3.8) is 0 Å².